The number of allylic oxidation sites excluding steroid dienone is 1. The number of carbonyl (C=O) groups excluding carboxylic acids is 1. The number of aliphatic hydroxyl groups is 1. The van der Waals surface area contributed by atoms with Gasteiger partial charge in [-0.3, -0.25) is 9.79 Å². The fraction of sp³-hybridized carbons (Fsp3) is 0.538. The first-order chi connectivity index (χ1) is 9.00. The summed E-state index contributed by atoms with van der Waals surface area (Å²) in [5.41, 5.74) is -0.684. The number of hydrogen-bond donors (Lipinski definition) is 1. The van der Waals surface area contributed by atoms with Gasteiger partial charge in [0.25, 0.3) is 5.78 Å². The third-order valence-corrected chi connectivity index (χ3v) is 4.25. The Balaban J connectivity index is 2.62. The highest BCUT2D eigenvalue weighted by Crippen LogP contribution is 2.48. The molecule has 0 radical (unpaired) electrons. The third-order valence-electron chi connectivity index (χ3n) is 3.39. The minimum absolute atomic E-state index is 0.1000. The van der Waals surface area contributed by atoms with Gasteiger partial charge in [0, 0.05) is 6.04 Å². The molecule has 0 unspecified atom stereocenters. The van der Waals surface area contributed by atoms with E-state index in [9.17, 15) is 9.90 Å². The molecule has 19 heavy (non-hydrogen) atoms. The summed E-state index contributed by atoms with van der Waals surface area (Å²) in [6, 6.07) is 0.1000. The van der Waals surface area contributed by atoms with Crippen LogP contribution < -0.4 is 0 Å². The second-order valence-electron chi connectivity index (χ2n) is 4.59. The van der Waals surface area contributed by atoms with Crippen molar-refractivity contribution in [3.8, 4) is 0 Å². The van der Waals surface area contributed by atoms with Crippen molar-refractivity contribution < 1.29 is 19.4 Å². The lowest BCUT2D eigenvalue weighted by Gasteiger charge is -2.32. The van der Waals surface area contributed by atoms with Crippen LogP contribution in [-0.4, -0.2) is 42.5 Å². The summed E-state index contributed by atoms with van der Waals surface area (Å²) in [7, 11) is 2.87. The topological polar surface area (TPSA) is 68.1 Å². The van der Waals surface area contributed by atoms with Crippen molar-refractivity contribution in [2.45, 2.75) is 19.4 Å². The van der Waals surface area contributed by atoms with Crippen LogP contribution in [0.15, 0.2) is 28.3 Å². The van der Waals surface area contributed by atoms with E-state index in [1.54, 1.807) is 6.08 Å². The molecule has 0 aromatic carbocycles. The van der Waals surface area contributed by atoms with Crippen LogP contribution >= 0.6 is 11.8 Å². The Labute approximate surface area is 116 Å². The van der Waals surface area contributed by atoms with Crippen molar-refractivity contribution in [2.24, 2.45) is 10.4 Å². The summed E-state index contributed by atoms with van der Waals surface area (Å²) in [5, 5.41) is 10.9. The molecule has 1 aliphatic carbocycles. The smallest absolute Gasteiger partial charge is 0.265 e. The number of aliphatic hydroxyl groups excluding tert-OH is 1. The van der Waals surface area contributed by atoms with Crippen LogP contribution in [0.2, 0.25) is 0 Å². The fourth-order valence-corrected chi connectivity index (χ4v) is 3.56. The van der Waals surface area contributed by atoms with E-state index in [-0.39, 0.29) is 17.6 Å². The number of ether oxygens (including phenoxy) is 2. The molecule has 2 atom stereocenters. The summed E-state index contributed by atoms with van der Waals surface area (Å²) in [5.74, 6) is -0.549. The zero-order valence-corrected chi connectivity index (χ0v) is 12.2. The third kappa shape index (κ3) is 1.94. The first kappa shape index (κ1) is 14.0. The quantitative estimate of drug-likeness (QED) is 0.840. The van der Waals surface area contributed by atoms with Crippen LogP contribution in [0.1, 0.15) is 13.3 Å². The SMILES string of the molecule is COC1=C[C@]2(C[C@@H](C)N=C2SC)C(OC)=C(O)C1=O. The van der Waals surface area contributed by atoms with Gasteiger partial charge in [0.15, 0.2) is 11.5 Å². The average Bonchev–Trinajstić information content (AvgIpc) is 2.71. The predicted molar refractivity (Wildman–Crippen MR) is 74.2 cm³/mol. The van der Waals surface area contributed by atoms with Crippen molar-refractivity contribution in [3.63, 3.8) is 0 Å². The number of methoxy groups -OCH3 is 2. The Hall–Kier alpha value is -1.43. The zero-order chi connectivity index (χ0) is 14.2. The predicted octanol–water partition coefficient (Wildman–Crippen LogP) is 2.06. The summed E-state index contributed by atoms with van der Waals surface area (Å²) in [4.78, 5) is 16.5. The van der Waals surface area contributed by atoms with E-state index in [1.807, 2.05) is 13.2 Å². The molecule has 0 bridgehead atoms. The van der Waals surface area contributed by atoms with E-state index >= 15 is 0 Å². The largest absolute Gasteiger partial charge is 0.502 e. The highest BCUT2D eigenvalue weighted by atomic mass is 32.2. The van der Waals surface area contributed by atoms with Gasteiger partial charge in [-0.1, -0.05) is 0 Å². The van der Waals surface area contributed by atoms with Crippen LogP contribution in [0.3, 0.4) is 0 Å². The van der Waals surface area contributed by atoms with Gasteiger partial charge in [-0.25, -0.2) is 0 Å². The molecule has 0 amide bonds. The van der Waals surface area contributed by atoms with E-state index in [0.29, 0.717) is 6.42 Å². The zero-order valence-electron chi connectivity index (χ0n) is 11.4. The molecule has 6 heteroatoms. The van der Waals surface area contributed by atoms with Crippen molar-refractivity contribution in [2.75, 3.05) is 20.5 Å². The maximum Gasteiger partial charge on any atom is 0.265 e. The number of hydrogen-bond acceptors (Lipinski definition) is 6. The lowest BCUT2D eigenvalue weighted by molar-refractivity contribution is -0.118. The Morgan fingerprint density at radius 3 is 2.68 bits per heavy atom. The Kier molecular flexibility index (Phi) is 3.62. The summed E-state index contributed by atoms with van der Waals surface area (Å²) < 4.78 is 10.4. The molecule has 2 rings (SSSR count). The molecule has 1 spiro atoms. The molecule has 0 aromatic heterocycles. The number of ketones is 1. The van der Waals surface area contributed by atoms with Crippen molar-refractivity contribution >= 4 is 22.6 Å². The molecule has 1 N–H and O–H groups in total. The maximum absolute atomic E-state index is 11.9. The van der Waals surface area contributed by atoms with E-state index in [0.717, 1.165) is 5.04 Å². The van der Waals surface area contributed by atoms with Crippen LogP contribution in [0.25, 0.3) is 0 Å². The minimum atomic E-state index is -0.684. The van der Waals surface area contributed by atoms with Gasteiger partial charge >= 0.3 is 0 Å². The molecule has 0 saturated carbocycles. The van der Waals surface area contributed by atoms with Gasteiger partial charge in [0.05, 0.1) is 19.3 Å². The van der Waals surface area contributed by atoms with Gasteiger partial charge in [0.2, 0.25) is 5.76 Å². The Morgan fingerprint density at radius 1 is 1.47 bits per heavy atom. The lowest BCUT2D eigenvalue weighted by atomic mass is 9.78. The molecule has 2 aliphatic rings. The molecule has 1 aliphatic heterocycles. The van der Waals surface area contributed by atoms with Gasteiger partial charge in [-0.2, -0.15) is 0 Å². The number of Topliss-reactive ketones (excluding diaryl/α,β-unsaturated/α-hetero) is 1. The van der Waals surface area contributed by atoms with Crippen LogP contribution in [-0.2, 0) is 14.3 Å². The monoisotopic (exact) mass is 283 g/mol. The lowest BCUT2D eigenvalue weighted by Crippen LogP contribution is -2.35. The molecule has 0 fully saturated rings. The Morgan fingerprint density at radius 2 is 2.16 bits per heavy atom. The van der Waals surface area contributed by atoms with E-state index in [1.165, 1.54) is 26.0 Å². The number of aliphatic imine (C=N–C) groups is 1. The minimum Gasteiger partial charge on any atom is -0.502 e. The van der Waals surface area contributed by atoms with Crippen molar-refractivity contribution in [1.29, 1.82) is 0 Å². The normalized spacial score (nSPS) is 30.5. The van der Waals surface area contributed by atoms with E-state index in [2.05, 4.69) is 4.99 Å². The Bertz CT molecular complexity index is 509. The molecule has 1 heterocycles. The number of carbonyl (C=O) groups is 1. The average molecular weight is 283 g/mol. The van der Waals surface area contributed by atoms with Gasteiger partial charge < -0.3 is 14.6 Å². The first-order valence-corrected chi connectivity index (χ1v) is 7.14. The molecule has 0 saturated heterocycles. The van der Waals surface area contributed by atoms with E-state index < -0.39 is 17.0 Å². The molecular formula is C13H17NO4S. The molecular weight excluding hydrogens is 266 g/mol. The van der Waals surface area contributed by atoms with Gasteiger partial charge in [0.1, 0.15) is 5.41 Å². The maximum atomic E-state index is 11.9. The van der Waals surface area contributed by atoms with Gasteiger partial charge in [-0.15, -0.1) is 11.8 Å². The van der Waals surface area contributed by atoms with E-state index in [4.69, 9.17) is 9.47 Å². The van der Waals surface area contributed by atoms with Crippen LogP contribution in [0.5, 0.6) is 0 Å². The van der Waals surface area contributed by atoms with Crippen molar-refractivity contribution in [3.05, 3.63) is 23.4 Å². The molecule has 104 valence electrons. The highest BCUT2D eigenvalue weighted by molar-refractivity contribution is 8.13. The summed E-state index contributed by atoms with van der Waals surface area (Å²) in [6.45, 7) is 1.99. The van der Waals surface area contributed by atoms with Crippen molar-refractivity contribution in [1.82, 2.24) is 0 Å². The first-order valence-electron chi connectivity index (χ1n) is 5.91. The summed E-state index contributed by atoms with van der Waals surface area (Å²) >= 11 is 1.49. The second kappa shape index (κ2) is 4.92. The number of thioether (sulfide) groups is 1. The number of rotatable bonds is 2. The number of nitrogens with zero attached hydrogens (tertiary/aromatic N) is 1. The van der Waals surface area contributed by atoms with Crippen LogP contribution in [0.4, 0.5) is 0 Å². The van der Waals surface area contributed by atoms with Gasteiger partial charge in [-0.05, 0) is 25.7 Å². The second-order valence-corrected chi connectivity index (χ2v) is 5.38. The highest BCUT2D eigenvalue weighted by Gasteiger charge is 2.50. The standard InChI is InChI=1S/C13H17NO4S/c1-7-5-13(12(14-7)19-4)6-8(17-2)9(15)10(16)11(13)18-3/h6-7,16H,5H2,1-4H3/t7-,13-/m1/s1. The fourth-order valence-electron chi connectivity index (χ4n) is 2.68. The summed E-state index contributed by atoms with van der Waals surface area (Å²) in [6.07, 6.45) is 4.28. The van der Waals surface area contributed by atoms with Crippen LogP contribution in [0, 0.1) is 5.41 Å². The molecule has 0 aromatic rings. The molecule has 5 nitrogen and oxygen atoms in total.